The third-order valence-corrected chi connectivity index (χ3v) is 3.26. The van der Waals surface area contributed by atoms with E-state index < -0.39 is 0 Å². The Morgan fingerprint density at radius 1 is 1.14 bits per heavy atom. The minimum Gasteiger partial charge on any atom is -0.336 e. The van der Waals surface area contributed by atoms with Crippen LogP contribution in [-0.2, 0) is 13.0 Å². The van der Waals surface area contributed by atoms with Crippen molar-refractivity contribution in [2.75, 3.05) is 0 Å². The Morgan fingerprint density at radius 2 is 1.90 bits per heavy atom. The maximum Gasteiger partial charge on any atom is 0.315 e. The quantitative estimate of drug-likeness (QED) is 0.856. The number of nitrogens with one attached hydrogen (secondary N) is 2. The zero-order valence-electron chi connectivity index (χ0n) is 12.3. The van der Waals surface area contributed by atoms with E-state index in [1.807, 2.05) is 37.3 Å². The van der Waals surface area contributed by atoms with Crippen LogP contribution in [-0.4, -0.2) is 17.1 Å². The SMILES string of the molecule is CC(CCc1ccccc1)NC(=O)NCc1cccnc1. The number of carbonyl (C=O) groups excluding carboxylic acids is 1. The molecule has 110 valence electrons. The van der Waals surface area contributed by atoms with Gasteiger partial charge in [0.1, 0.15) is 0 Å². The molecule has 0 saturated heterocycles. The molecule has 0 aliphatic heterocycles. The second-order valence-electron chi connectivity index (χ2n) is 5.11. The summed E-state index contributed by atoms with van der Waals surface area (Å²) < 4.78 is 0. The number of urea groups is 1. The van der Waals surface area contributed by atoms with E-state index in [0.717, 1.165) is 18.4 Å². The number of nitrogens with zero attached hydrogens (tertiary/aromatic N) is 1. The normalized spacial score (nSPS) is 11.7. The predicted octanol–water partition coefficient (Wildman–Crippen LogP) is 2.90. The lowest BCUT2D eigenvalue weighted by molar-refractivity contribution is 0.237. The van der Waals surface area contributed by atoms with Gasteiger partial charge in [0.25, 0.3) is 0 Å². The zero-order valence-corrected chi connectivity index (χ0v) is 12.3. The molecule has 0 aliphatic rings. The van der Waals surface area contributed by atoms with Gasteiger partial charge in [-0.15, -0.1) is 0 Å². The number of hydrogen-bond donors (Lipinski definition) is 2. The molecule has 0 radical (unpaired) electrons. The number of pyridine rings is 1. The molecule has 0 saturated carbocycles. The van der Waals surface area contributed by atoms with E-state index in [9.17, 15) is 4.79 Å². The van der Waals surface area contributed by atoms with Crippen LogP contribution in [0.4, 0.5) is 4.79 Å². The van der Waals surface area contributed by atoms with Gasteiger partial charge in [-0.1, -0.05) is 36.4 Å². The monoisotopic (exact) mass is 283 g/mol. The van der Waals surface area contributed by atoms with Crippen molar-refractivity contribution in [1.82, 2.24) is 15.6 Å². The van der Waals surface area contributed by atoms with Crippen LogP contribution in [0.15, 0.2) is 54.9 Å². The molecular formula is C17H21N3O. The first-order valence-corrected chi connectivity index (χ1v) is 7.21. The fraction of sp³-hybridized carbons (Fsp3) is 0.294. The summed E-state index contributed by atoms with van der Waals surface area (Å²) in [5.41, 5.74) is 2.28. The summed E-state index contributed by atoms with van der Waals surface area (Å²) >= 11 is 0. The van der Waals surface area contributed by atoms with Crippen LogP contribution in [0.5, 0.6) is 0 Å². The van der Waals surface area contributed by atoms with Crippen molar-refractivity contribution in [3.8, 4) is 0 Å². The van der Waals surface area contributed by atoms with Gasteiger partial charge in [0, 0.05) is 25.0 Å². The fourth-order valence-electron chi connectivity index (χ4n) is 2.06. The van der Waals surface area contributed by atoms with Gasteiger partial charge in [0.05, 0.1) is 0 Å². The highest BCUT2D eigenvalue weighted by Gasteiger charge is 2.07. The summed E-state index contributed by atoms with van der Waals surface area (Å²) in [4.78, 5) is 15.8. The predicted molar refractivity (Wildman–Crippen MR) is 83.8 cm³/mol. The van der Waals surface area contributed by atoms with Gasteiger partial charge in [0.2, 0.25) is 0 Å². The van der Waals surface area contributed by atoms with Gasteiger partial charge in [-0.3, -0.25) is 4.98 Å². The maximum atomic E-state index is 11.8. The zero-order chi connectivity index (χ0) is 14.9. The average Bonchev–Trinajstić information content (AvgIpc) is 2.53. The molecule has 4 heteroatoms. The Kier molecular flexibility index (Phi) is 5.76. The molecule has 0 bridgehead atoms. The van der Waals surface area contributed by atoms with E-state index in [1.54, 1.807) is 12.4 Å². The van der Waals surface area contributed by atoms with Crippen molar-refractivity contribution in [1.29, 1.82) is 0 Å². The molecular weight excluding hydrogens is 262 g/mol. The summed E-state index contributed by atoms with van der Waals surface area (Å²) in [7, 11) is 0. The molecule has 0 spiro atoms. The molecule has 21 heavy (non-hydrogen) atoms. The number of amides is 2. The molecule has 1 heterocycles. The lowest BCUT2D eigenvalue weighted by Crippen LogP contribution is -2.40. The van der Waals surface area contributed by atoms with E-state index in [1.165, 1.54) is 5.56 Å². The van der Waals surface area contributed by atoms with Crippen molar-refractivity contribution in [3.05, 3.63) is 66.0 Å². The molecule has 0 fully saturated rings. The molecule has 2 N–H and O–H groups in total. The fourth-order valence-corrected chi connectivity index (χ4v) is 2.06. The number of rotatable bonds is 6. The third kappa shape index (κ3) is 5.65. The molecule has 1 unspecified atom stereocenters. The second-order valence-corrected chi connectivity index (χ2v) is 5.11. The second kappa shape index (κ2) is 8.04. The summed E-state index contributed by atoms with van der Waals surface area (Å²) in [6.45, 7) is 2.51. The van der Waals surface area contributed by atoms with Gasteiger partial charge >= 0.3 is 6.03 Å². The van der Waals surface area contributed by atoms with Crippen LogP contribution in [0.2, 0.25) is 0 Å². The minimum atomic E-state index is -0.139. The number of aryl methyl sites for hydroxylation is 1. The van der Waals surface area contributed by atoms with E-state index in [0.29, 0.717) is 6.54 Å². The molecule has 1 aromatic carbocycles. The Balaban J connectivity index is 1.67. The van der Waals surface area contributed by atoms with Crippen LogP contribution in [0, 0.1) is 0 Å². The number of aromatic nitrogens is 1. The van der Waals surface area contributed by atoms with Crippen LogP contribution in [0.25, 0.3) is 0 Å². The summed E-state index contributed by atoms with van der Waals surface area (Å²) in [6.07, 6.45) is 5.35. The van der Waals surface area contributed by atoms with Gasteiger partial charge in [-0.2, -0.15) is 0 Å². The minimum absolute atomic E-state index is 0.138. The smallest absolute Gasteiger partial charge is 0.315 e. The molecule has 1 aromatic heterocycles. The molecule has 0 aliphatic carbocycles. The Morgan fingerprint density at radius 3 is 2.62 bits per heavy atom. The third-order valence-electron chi connectivity index (χ3n) is 3.26. The molecule has 2 rings (SSSR count). The Labute approximate surface area is 125 Å². The number of hydrogen-bond acceptors (Lipinski definition) is 2. The molecule has 1 atom stereocenters. The van der Waals surface area contributed by atoms with Gasteiger partial charge < -0.3 is 10.6 Å². The topological polar surface area (TPSA) is 54.0 Å². The first kappa shape index (κ1) is 15.0. The highest BCUT2D eigenvalue weighted by molar-refractivity contribution is 5.74. The van der Waals surface area contributed by atoms with Crippen LogP contribution >= 0.6 is 0 Å². The molecule has 4 nitrogen and oxygen atoms in total. The van der Waals surface area contributed by atoms with Crippen LogP contribution < -0.4 is 10.6 Å². The highest BCUT2D eigenvalue weighted by Crippen LogP contribution is 2.04. The average molecular weight is 283 g/mol. The van der Waals surface area contributed by atoms with E-state index in [2.05, 4.69) is 27.8 Å². The van der Waals surface area contributed by atoms with Crippen molar-refractivity contribution in [3.63, 3.8) is 0 Å². The number of benzene rings is 1. The molecule has 2 amide bonds. The van der Waals surface area contributed by atoms with Gasteiger partial charge in [0.15, 0.2) is 0 Å². The lowest BCUT2D eigenvalue weighted by atomic mass is 10.1. The lowest BCUT2D eigenvalue weighted by Gasteiger charge is -2.14. The van der Waals surface area contributed by atoms with E-state index >= 15 is 0 Å². The first-order valence-electron chi connectivity index (χ1n) is 7.21. The van der Waals surface area contributed by atoms with E-state index in [4.69, 9.17) is 0 Å². The van der Waals surface area contributed by atoms with Crippen LogP contribution in [0.3, 0.4) is 0 Å². The van der Waals surface area contributed by atoms with Crippen molar-refractivity contribution in [2.45, 2.75) is 32.4 Å². The van der Waals surface area contributed by atoms with Crippen molar-refractivity contribution < 1.29 is 4.79 Å². The number of carbonyl (C=O) groups is 1. The first-order chi connectivity index (χ1) is 10.2. The van der Waals surface area contributed by atoms with Crippen LogP contribution in [0.1, 0.15) is 24.5 Å². The Bertz CT molecular complexity index is 542. The van der Waals surface area contributed by atoms with E-state index in [-0.39, 0.29) is 12.1 Å². The highest BCUT2D eigenvalue weighted by atomic mass is 16.2. The summed E-state index contributed by atoms with van der Waals surface area (Å²) in [6, 6.07) is 14.1. The Hall–Kier alpha value is -2.36. The molecule has 2 aromatic rings. The maximum absolute atomic E-state index is 11.8. The van der Waals surface area contributed by atoms with Gasteiger partial charge in [-0.25, -0.2) is 4.79 Å². The standard InChI is InChI=1S/C17H21N3O/c1-14(9-10-15-6-3-2-4-7-15)20-17(21)19-13-16-8-5-11-18-12-16/h2-8,11-12,14H,9-10,13H2,1H3,(H2,19,20,21). The van der Waals surface area contributed by atoms with Gasteiger partial charge in [-0.05, 0) is 37.0 Å². The largest absolute Gasteiger partial charge is 0.336 e. The summed E-state index contributed by atoms with van der Waals surface area (Å²) in [5.74, 6) is 0. The summed E-state index contributed by atoms with van der Waals surface area (Å²) in [5, 5.41) is 5.79. The van der Waals surface area contributed by atoms with Crippen molar-refractivity contribution >= 4 is 6.03 Å². The van der Waals surface area contributed by atoms with Crippen molar-refractivity contribution in [2.24, 2.45) is 0 Å².